The molecule has 1 aliphatic carbocycles. The Labute approximate surface area is 115 Å². The minimum Gasteiger partial charge on any atom is -0.330 e. The maximum absolute atomic E-state index is 12.4. The van der Waals surface area contributed by atoms with E-state index in [-0.39, 0.29) is 11.8 Å². The molecule has 1 aliphatic rings. The van der Waals surface area contributed by atoms with Crippen LogP contribution >= 0.6 is 0 Å². The number of rotatable bonds is 8. The normalized spacial score (nSPS) is 15.9. The summed E-state index contributed by atoms with van der Waals surface area (Å²) in [5.74, 6) is 0.216. The summed E-state index contributed by atoms with van der Waals surface area (Å²) in [6.07, 6.45) is 3.39. The van der Waals surface area contributed by atoms with Gasteiger partial charge < -0.3 is 5.73 Å². The van der Waals surface area contributed by atoms with Gasteiger partial charge in [-0.15, -0.1) is 0 Å². The van der Waals surface area contributed by atoms with E-state index in [1.165, 1.54) is 0 Å². The van der Waals surface area contributed by atoms with Gasteiger partial charge in [-0.05, 0) is 37.8 Å². The van der Waals surface area contributed by atoms with Crippen LogP contribution in [0.5, 0.6) is 0 Å². The van der Waals surface area contributed by atoms with E-state index in [4.69, 9.17) is 5.73 Å². The molecule has 0 aliphatic heterocycles. The molecule has 1 fully saturated rings. The fourth-order valence-corrected chi connectivity index (χ4v) is 3.94. The monoisotopic (exact) mass is 282 g/mol. The SMILES string of the molecule is NCCCCS(=O)(=O)N(Cc1ccccc1)C1CC1. The Bertz CT molecular complexity index is 483. The van der Waals surface area contributed by atoms with Gasteiger partial charge in [0.05, 0.1) is 5.75 Å². The van der Waals surface area contributed by atoms with Crippen molar-refractivity contribution >= 4 is 10.0 Å². The first-order chi connectivity index (χ1) is 9.13. The maximum atomic E-state index is 12.4. The van der Waals surface area contributed by atoms with Gasteiger partial charge >= 0.3 is 0 Å². The molecular weight excluding hydrogens is 260 g/mol. The quantitative estimate of drug-likeness (QED) is 0.738. The molecule has 0 bridgehead atoms. The molecule has 0 amide bonds. The lowest BCUT2D eigenvalue weighted by atomic mass is 10.2. The number of hydrogen-bond acceptors (Lipinski definition) is 3. The minimum atomic E-state index is -3.15. The Hall–Kier alpha value is -0.910. The van der Waals surface area contributed by atoms with Crippen LogP contribution < -0.4 is 5.73 Å². The van der Waals surface area contributed by atoms with Crippen molar-refractivity contribution in [1.29, 1.82) is 0 Å². The summed E-state index contributed by atoms with van der Waals surface area (Å²) < 4.78 is 26.4. The molecule has 1 saturated carbocycles. The third-order valence-electron chi connectivity index (χ3n) is 3.35. The van der Waals surface area contributed by atoms with Crippen molar-refractivity contribution in [2.45, 2.75) is 38.3 Å². The zero-order chi connectivity index (χ0) is 13.7. The first-order valence-electron chi connectivity index (χ1n) is 6.87. The summed E-state index contributed by atoms with van der Waals surface area (Å²) >= 11 is 0. The summed E-state index contributed by atoms with van der Waals surface area (Å²) in [6.45, 7) is 1.05. The van der Waals surface area contributed by atoms with Gasteiger partial charge in [-0.25, -0.2) is 8.42 Å². The van der Waals surface area contributed by atoms with Gasteiger partial charge in [0.15, 0.2) is 0 Å². The van der Waals surface area contributed by atoms with Crippen LogP contribution in [0.4, 0.5) is 0 Å². The molecule has 1 aromatic rings. The van der Waals surface area contributed by atoms with Crippen molar-refractivity contribution in [3.8, 4) is 0 Å². The smallest absolute Gasteiger partial charge is 0.214 e. The van der Waals surface area contributed by atoms with Crippen LogP contribution in [0.15, 0.2) is 30.3 Å². The van der Waals surface area contributed by atoms with E-state index in [1.54, 1.807) is 4.31 Å². The molecular formula is C14H22N2O2S. The zero-order valence-electron chi connectivity index (χ0n) is 11.2. The molecule has 0 aromatic heterocycles. The lowest BCUT2D eigenvalue weighted by molar-refractivity contribution is 0.397. The van der Waals surface area contributed by atoms with Crippen LogP contribution in [0.25, 0.3) is 0 Å². The topological polar surface area (TPSA) is 63.4 Å². The molecule has 106 valence electrons. The van der Waals surface area contributed by atoms with Gasteiger partial charge in [-0.2, -0.15) is 4.31 Å². The van der Waals surface area contributed by atoms with Gasteiger partial charge in [0.2, 0.25) is 10.0 Å². The van der Waals surface area contributed by atoms with Gasteiger partial charge in [0.1, 0.15) is 0 Å². The van der Waals surface area contributed by atoms with Crippen LogP contribution in [0, 0.1) is 0 Å². The highest BCUT2D eigenvalue weighted by Gasteiger charge is 2.36. The molecule has 4 nitrogen and oxygen atoms in total. The van der Waals surface area contributed by atoms with Gasteiger partial charge in [0.25, 0.3) is 0 Å². The van der Waals surface area contributed by atoms with Crippen LogP contribution in [0.3, 0.4) is 0 Å². The largest absolute Gasteiger partial charge is 0.330 e. The van der Waals surface area contributed by atoms with Crippen molar-refractivity contribution in [2.75, 3.05) is 12.3 Å². The second-order valence-electron chi connectivity index (χ2n) is 5.07. The first kappa shape index (κ1) is 14.5. The van der Waals surface area contributed by atoms with E-state index in [0.29, 0.717) is 19.5 Å². The molecule has 5 heteroatoms. The van der Waals surface area contributed by atoms with Gasteiger partial charge in [-0.3, -0.25) is 0 Å². The number of sulfonamides is 1. The number of nitrogens with zero attached hydrogens (tertiary/aromatic N) is 1. The second kappa shape index (κ2) is 6.50. The highest BCUT2D eigenvalue weighted by Crippen LogP contribution is 2.31. The molecule has 0 atom stereocenters. The van der Waals surface area contributed by atoms with Gasteiger partial charge in [0, 0.05) is 12.6 Å². The van der Waals surface area contributed by atoms with Crippen molar-refractivity contribution in [3.05, 3.63) is 35.9 Å². The van der Waals surface area contributed by atoms with E-state index >= 15 is 0 Å². The highest BCUT2D eigenvalue weighted by molar-refractivity contribution is 7.89. The maximum Gasteiger partial charge on any atom is 0.214 e. The summed E-state index contributed by atoms with van der Waals surface area (Å²) in [5, 5.41) is 0. The fraction of sp³-hybridized carbons (Fsp3) is 0.571. The van der Waals surface area contributed by atoms with Crippen molar-refractivity contribution in [2.24, 2.45) is 5.73 Å². The lowest BCUT2D eigenvalue weighted by Crippen LogP contribution is -2.34. The van der Waals surface area contributed by atoms with Crippen molar-refractivity contribution in [1.82, 2.24) is 4.31 Å². The predicted octanol–water partition coefficient (Wildman–Crippen LogP) is 1.72. The van der Waals surface area contributed by atoms with Crippen molar-refractivity contribution in [3.63, 3.8) is 0 Å². The average Bonchev–Trinajstić information content (AvgIpc) is 3.21. The average molecular weight is 282 g/mol. The summed E-state index contributed by atoms with van der Waals surface area (Å²) in [7, 11) is -3.15. The number of benzene rings is 1. The molecule has 19 heavy (non-hydrogen) atoms. The summed E-state index contributed by atoms with van der Waals surface area (Å²) in [6, 6.07) is 10.0. The van der Waals surface area contributed by atoms with Crippen LogP contribution in [0.2, 0.25) is 0 Å². The Kier molecular flexibility index (Phi) is 4.96. The van der Waals surface area contributed by atoms with Gasteiger partial charge in [-0.1, -0.05) is 30.3 Å². The van der Waals surface area contributed by atoms with Crippen molar-refractivity contribution < 1.29 is 8.42 Å². The third-order valence-corrected chi connectivity index (χ3v) is 5.30. The van der Waals surface area contributed by atoms with E-state index < -0.39 is 10.0 Å². The van der Waals surface area contributed by atoms with E-state index in [2.05, 4.69) is 0 Å². The number of hydrogen-bond donors (Lipinski definition) is 1. The molecule has 0 saturated heterocycles. The zero-order valence-corrected chi connectivity index (χ0v) is 12.0. The summed E-state index contributed by atoms with van der Waals surface area (Å²) in [4.78, 5) is 0. The highest BCUT2D eigenvalue weighted by atomic mass is 32.2. The summed E-state index contributed by atoms with van der Waals surface area (Å²) in [5.41, 5.74) is 6.47. The van der Waals surface area contributed by atoms with Crippen LogP contribution in [-0.4, -0.2) is 31.1 Å². The molecule has 2 rings (SSSR count). The predicted molar refractivity (Wildman–Crippen MR) is 77.1 cm³/mol. The van der Waals surface area contributed by atoms with E-state index in [0.717, 1.165) is 24.8 Å². The standard InChI is InChI=1S/C14H22N2O2S/c15-10-4-5-11-19(17,18)16(14-8-9-14)12-13-6-2-1-3-7-13/h1-3,6-7,14H,4-5,8-12,15H2. The Balaban J connectivity index is 2.03. The Morgan fingerprint density at radius 3 is 2.42 bits per heavy atom. The molecule has 1 aromatic carbocycles. The third kappa shape index (κ3) is 4.30. The molecule has 0 heterocycles. The molecule has 0 unspecified atom stereocenters. The second-order valence-corrected chi connectivity index (χ2v) is 7.11. The number of unbranched alkanes of at least 4 members (excludes halogenated alkanes) is 1. The molecule has 0 radical (unpaired) electrons. The Morgan fingerprint density at radius 2 is 1.84 bits per heavy atom. The first-order valence-corrected chi connectivity index (χ1v) is 8.48. The lowest BCUT2D eigenvalue weighted by Gasteiger charge is -2.22. The Morgan fingerprint density at radius 1 is 1.16 bits per heavy atom. The van der Waals surface area contributed by atoms with E-state index in [1.807, 2.05) is 30.3 Å². The fourth-order valence-electron chi connectivity index (χ4n) is 2.13. The number of nitrogens with two attached hydrogens (primary N) is 1. The van der Waals surface area contributed by atoms with Crippen LogP contribution in [0.1, 0.15) is 31.2 Å². The minimum absolute atomic E-state index is 0.211. The van der Waals surface area contributed by atoms with Crippen LogP contribution in [-0.2, 0) is 16.6 Å². The van der Waals surface area contributed by atoms with E-state index in [9.17, 15) is 8.42 Å². The molecule has 2 N–H and O–H groups in total. The molecule has 0 spiro atoms.